The molecule has 2 aliphatic heterocycles. The average molecular weight is 590 g/mol. The highest BCUT2D eigenvalue weighted by Gasteiger charge is 2.33. The van der Waals surface area contributed by atoms with Crippen LogP contribution in [0.5, 0.6) is 5.75 Å². The van der Waals surface area contributed by atoms with Gasteiger partial charge in [0.1, 0.15) is 35.5 Å². The van der Waals surface area contributed by atoms with Crippen LogP contribution in [0.1, 0.15) is 51.1 Å². The molecule has 6 rings (SSSR count). The minimum atomic E-state index is -0.694. The highest BCUT2D eigenvalue weighted by atomic mass is 35.5. The van der Waals surface area contributed by atoms with Crippen molar-refractivity contribution in [3.63, 3.8) is 0 Å². The van der Waals surface area contributed by atoms with Gasteiger partial charge in [-0.3, -0.25) is 4.79 Å². The molecule has 3 aromatic heterocycles. The molecule has 1 saturated heterocycles. The quantitative estimate of drug-likeness (QED) is 0.313. The minimum Gasteiger partial charge on any atom is -0.484 e. The van der Waals surface area contributed by atoms with E-state index in [2.05, 4.69) is 21.5 Å². The number of piperazine rings is 1. The predicted octanol–water partition coefficient (Wildman–Crippen LogP) is 4.83. The number of rotatable bonds is 3. The average Bonchev–Trinajstić information content (AvgIpc) is 2.96. The second-order valence-corrected chi connectivity index (χ2v) is 11.2. The Morgan fingerprint density at radius 1 is 1.21 bits per heavy atom. The van der Waals surface area contributed by atoms with Crippen molar-refractivity contribution in [1.82, 2.24) is 29.4 Å². The van der Waals surface area contributed by atoms with E-state index in [0.717, 1.165) is 0 Å². The third-order valence-corrected chi connectivity index (χ3v) is 8.03. The summed E-state index contributed by atoms with van der Waals surface area (Å²) in [6.07, 6.45) is 2.03. The lowest BCUT2D eigenvalue weighted by atomic mass is 10.0. The van der Waals surface area contributed by atoms with E-state index in [1.807, 2.05) is 25.7 Å². The zero-order chi connectivity index (χ0) is 29.9. The third-order valence-electron chi connectivity index (χ3n) is 7.74. The number of hydrogen-bond donors (Lipinski definition) is 0. The molecule has 12 heteroatoms. The molecule has 4 aromatic rings. The van der Waals surface area contributed by atoms with Gasteiger partial charge in [0.15, 0.2) is 5.65 Å². The van der Waals surface area contributed by atoms with Gasteiger partial charge in [-0.2, -0.15) is 4.98 Å². The molecule has 0 spiro atoms. The first kappa shape index (κ1) is 27.8. The predicted molar refractivity (Wildman–Crippen MR) is 158 cm³/mol. The second-order valence-electron chi connectivity index (χ2n) is 10.8. The SMILES string of the molecule is C=CC(=O)N1CCN(c2nc(=O)n3c4nc(c(Cl)cc24)-c2c(F)cccc2OC(C)c2ncnc(C(C)C)c2-3)[C@@H](C)C1. The number of carbonyl (C=O) groups excluding carboxylic acids is 1. The van der Waals surface area contributed by atoms with Crippen LogP contribution < -0.4 is 15.3 Å². The van der Waals surface area contributed by atoms with Crippen molar-refractivity contribution in [3.8, 4) is 22.7 Å². The monoisotopic (exact) mass is 589 g/mol. The van der Waals surface area contributed by atoms with Crippen LogP contribution >= 0.6 is 11.6 Å². The van der Waals surface area contributed by atoms with Crippen LogP contribution in [0.15, 0.2) is 48.0 Å². The number of pyridine rings is 1. The highest BCUT2D eigenvalue weighted by molar-refractivity contribution is 6.34. The van der Waals surface area contributed by atoms with Crippen LogP contribution in [0.25, 0.3) is 28.0 Å². The maximum atomic E-state index is 15.4. The van der Waals surface area contributed by atoms with E-state index in [1.54, 1.807) is 30.0 Å². The van der Waals surface area contributed by atoms with Crippen LogP contribution in [-0.4, -0.2) is 61.0 Å². The molecule has 1 unspecified atom stereocenters. The van der Waals surface area contributed by atoms with E-state index >= 15 is 4.39 Å². The van der Waals surface area contributed by atoms with Gasteiger partial charge in [0.05, 0.1) is 33.0 Å². The van der Waals surface area contributed by atoms with Crippen LogP contribution in [0, 0.1) is 5.82 Å². The Balaban J connectivity index is 1.70. The number of fused-ring (bicyclic) bond motifs is 5. The molecule has 42 heavy (non-hydrogen) atoms. The van der Waals surface area contributed by atoms with Gasteiger partial charge in [-0.25, -0.2) is 28.7 Å². The number of carbonyl (C=O) groups is 1. The molecular formula is C30H29ClFN7O3. The van der Waals surface area contributed by atoms with Crippen molar-refractivity contribution in [3.05, 3.63) is 76.0 Å². The summed E-state index contributed by atoms with van der Waals surface area (Å²) in [5.74, 6) is -0.197. The summed E-state index contributed by atoms with van der Waals surface area (Å²) in [4.78, 5) is 48.5. The lowest BCUT2D eigenvalue weighted by Gasteiger charge is -2.40. The maximum Gasteiger partial charge on any atom is 0.355 e. The van der Waals surface area contributed by atoms with E-state index in [1.165, 1.54) is 23.0 Å². The number of benzene rings is 1. The number of nitrogens with zero attached hydrogens (tertiary/aromatic N) is 7. The zero-order valence-corrected chi connectivity index (χ0v) is 24.4. The number of hydrogen-bond acceptors (Lipinski definition) is 8. The smallest absolute Gasteiger partial charge is 0.355 e. The molecule has 1 amide bonds. The van der Waals surface area contributed by atoms with Crippen LogP contribution in [0.4, 0.5) is 10.2 Å². The van der Waals surface area contributed by atoms with Gasteiger partial charge in [0, 0.05) is 25.7 Å². The number of amides is 1. The Hall–Kier alpha value is -4.38. The number of ether oxygens (including phenoxy) is 1. The zero-order valence-electron chi connectivity index (χ0n) is 23.6. The van der Waals surface area contributed by atoms with Crippen molar-refractivity contribution >= 4 is 34.4 Å². The largest absolute Gasteiger partial charge is 0.484 e. The van der Waals surface area contributed by atoms with Gasteiger partial charge in [-0.1, -0.05) is 38.1 Å². The third kappa shape index (κ3) is 4.39. The molecule has 2 bridgehead atoms. The van der Waals surface area contributed by atoms with Gasteiger partial charge in [-0.15, -0.1) is 0 Å². The summed E-state index contributed by atoms with van der Waals surface area (Å²) in [5, 5.41) is 0.663. The maximum absolute atomic E-state index is 15.4. The second kappa shape index (κ2) is 10.5. The van der Waals surface area contributed by atoms with Gasteiger partial charge >= 0.3 is 5.69 Å². The molecular weight excluding hydrogens is 561 g/mol. The van der Waals surface area contributed by atoms with Crippen molar-refractivity contribution in [1.29, 1.82) is 0 Å². The minimum absolute atomic E-state index is 0.0834. The summed E-state index contributed by atoms with van der Waals surface area (Å²) in [7, 11) is 0. The lowest BCUT2D eigenvalue weighted by molar-refractivity contribution is -0.126. The van der Waals surface area contributed by atoms with Crippen molar-refractivity contribution in [2.45, 2.75) is 45.8 Å². The Kier molecular flexibility index (Phi) is 6.92. The fourth-order valence-electron chi connectivity index (χ4n) is 5.74. The number of anilines is 1. The van der Waals surface area contributed by atoms with Crippen LogP contribution in [0.3, 0.4) is 0 Å². The van der Waals surface area contributed by atoms with Crippen molar-refractivity contribution < 1.29 is 13.9 Å². The van der Waals surface area contributed by atoms with E-state index < -0.39 is 17.6 Å². The van der Waals surface area contributed by atoms with Gasteiger partial charge in [-0.05, 0) is 44.0 Å². The molecule has 0 saturated carbocycles. The summed E-state index contributed by atoms with van der Waals surface area (Å²) in [5.41, 5.74) is 1.32. The van der Waals surface area contributed by atoms with Gasteiger partial charge < -0.3 is 14.5 Å². The number of halogens is 2. The first-order valence-electron chi connectivity index (χ1n) is 13.7. The molecule has 2 aliphatic rings. The first-order valence-corrected chi connectivity index (χ1v) is 14.1. The van der Waals surface area contributed by atoms with Gasteiger partial charge in [0.2, 0.25) is 5.91 Å². The molecule has 10 nitrogen and oxygen atoms in total. The van der Waals surface area contributed by atoms with Crippen LogP contribution in [0.2, 0.25) is 5.02 Å². The molecule has 0 N–H and O–H groups in total. The van der Waals surface area contributed by atoms with E-state index in [0.29, 0.717) is 47.9 Å². The Morgan fingerprint density at radius 2 is 2.00 bits per heavy atom. The molecule has 2 atom stereocenters. The standard InChI is InChI=1S/C30H29ClFN7O3/c1-6-22(40)37-10-11-38(16(4)13-37)28-18-12-19(31)26-23-20(32)8-7-9-21(23)42-17(5)25-27(24(15(2)3)33-14-34-25)39(29(18)35-26)30(41)36-28/h6-9,12,14-17H,1,10-11,13H2,2-5H3/t16-,17?/m0/s1. The van der Waals surface area contributed by atoms with E-state index in [9.17, 15) is 9.59 Å². The molecule has 5 heterocycles. The van der Waals surface area contributed by atoms with E-state index in [4.69, 9.17) is 21.3 Å². The lowest BCUT2D eigenvalue weighted by Crippen LogP contribution is -2.54. The normalized spacial score (nSPS) is 18.1. The molecule has 0 radical (unpaired) electrons. The van der Waals surface area contributed by atoms with Crippen LogP contribution in [-0.2, 0) is 4.79 Å². The molecule has 1 aromatic carbocycles. The van der Waals surface area contributed by atoms with Gasteiger partial charge in [0.25, 0.3) is 0 Å². The summed E-state index contributed by atoms with van der Waals surface area (Å²) < 4.78 is 23.1. The molecule has 1 fully saturated rings. The Bertz CT molecular complexity index is 1830. The highest BCUT2D eigenvalue weighted by Crippen LogP contribution is 2.42. The summed E-state index contributed by atoms with van der Waals surface area (Å²) in [6, 6.07) is 5.99. The van der Waals surface area contributed by atoms with E-state index in [-0.39, 0.29) is 45.5 Å². The number of aromatic nitrogens is 5. The summed E-state index contributed by atoms with van der Waals surface area (Å²) in [6.45, 7) is 12.5. The first-order chi connectivity index (χ1) is 20.1. The Morgan fingerprint density at radius 3 is 2.71 bits per heavy atom. The van der Waals surface area contributed by atoms with Crippen molar-refractivity contribution in [2.75, 3.05) is 24.5 Å². The molecule has 0 aliphatic carbocycles. The molecule has 216 valence electrons. The topological polar surface area (TPSA) is 106 Å². The van der Waals surface area contributed by atoms with Crippen molar-refractivity contribution in [2.24, 2.45) is 0 Å². The Labute approximate surface area is 246 Å². The fourth-order valence-corrected chi connectivity index (χ4v) is 5.98. The summed E-state index contributed by atoms with van der Waals surface area (Å²) >= 11 is 6.83. The fraction of sp³-hybridized carbons (Fsp3) is 0.333.